The second-order valence-corrected chi connectivity index (χ2v) is 9.07. The maximum Gasteiger partial charge on any atom is 0.433 e. The number of aromatic nitrogens is 4. The summed E-state index contributed by atoms with van der Waals surface area (Å²) in [7, 11) is -3.81. The number of nitriles is 1. The number of nitrogens with zero attached hydrogens (tertiary/aromatic N) is 5. The number of fused-ring (bicyclic) bond motifs is 1. The molecule has 0 amide bonds. The fourth-order valence-electron chi connectivity index (χ4n) is 2.53. The van der Waals surface area contributed by atoms with Gasteiger partial charge >= 0.3 is 6.18 Å². The quantitative estimate of drug-likeness (QED) is 0.600. The maximum atomic E-state index is 12.9. The number of hydrogen-bond acceptors (Lipinski definition) is 7. The Balaban J connectivity index is 2.16. The predicted octanol–water partition coefficient (Wildman–Crippen LogP) is 3.31. The van der Waals surface area contributed by atoms with Crippen LogP contribution in [0.25, 0.3) is 16.7 Å². The molecule has 158 valence electrons. The highest BCUT2D eigenvalue weighted by molar-refractivity contribution is 7.91. The average molecular weight is 439 g/mol. The molecule has 0 N–H and O–H groups in total. The summed E-state index contributed by atoms with van der Waals surface area (Å²) in [6.07, 6.45) is -1.09. The van der Waals surface area contributed by atoms with Gasteiger partial charge in [0, 0.05) is 23.8 Å². The monoisotopic (exact) mass is 439 g/mol. The smallest absolute Gasteiger partial charge is 0.433 e. The first-order chi connectivity index (χ1) is 13.9. The third-order valence-corrected chi connectivity index (χ3v) is 5.79. The zero-order chi connectivity index (χ0) is 22.3. The van der Waals surface area contributed by atoms with Gasteiger partial charge in [-0.05, 0) is 19.9 Å². The van der Waals surface area contributed by atoms with Crippen molar-refractivity contribution in [2.45, 2.75) is 37.4 Å². The van der Waals surface area contributed by atoms with Gasteiger partial charge in [0.05, 0.1) is 17.5 Å². The molecule has 0 saturated carbocycles. The first kappa shape index (κ1) is 21.5. The molecule has 12 heteroatoms. The summed E-state index contributed by atoms with van der Waals surface area (Å²) in [5, 5.41) is 13.4. The van der Waals surface area contributed by atoms with Crippen molar-refractivity contribution in [2.24, 2.45) is 0 Å². The van der Waals surface area contributed by atoms with E-state index in [0.29, 0.717) is 0 Å². The van der Waals surface area contributed by atoms with Crippen molar-refractivity contribution in [3.63, 3.8) is 0 Å². The van der Waals surface area contributed by atoms with E-state index in [1.165, 1.54) is 39.2 Å². The minimum atomic E-state index is -4.64. The molecule has 0 unspecified atom stereocenters. The molecule has 0 aliphatic heterocycles. The molecular formula is C18H16F3N5O3S. The summed E-state index contributed by atoms with van der Waals surface area (Å²) in [6, 6.07) is 3.91. The van der Waals surface area contributed by atoms with Gasteiger partial charge in [-0.2, -0.15) is 23.5 Å². The molecule has 3 rings (SSSR count). The third-order valence-electron chi connectivity index (χ3n) is 4.06. The van der Waals surface area contributed by atoms with Crippen LogP contribution >= 0.6 is 0 Å². The van der Waals surface area contributed by atoms with Gasteiger partial charge in [-0.15, -0.1) is 0 Å². The molecule has 0 atom stereocenters. The van der Waals surface area contributed by atoms with Gasteiger partial charge in [-0.1, -0.05) is 6.92 Å². The highest BCUT2D eigenvalue weighted by atomic mass is 32.2. The Bertz CT molecular complexity index is 1260. The normalized spacial score (nSPS) is 12.7. The van der Waals surface area contributed by atoms with Crippen LogP contribution in [0.15, 0.2) is 35.6 Å². The van der Waals surface area contributed by atoms with Crippen molar-refractivity contribution in [1.82, 2.24) is 19.7 Å². The van der Waals surface area contributed by atoms with Crippen molar-refractivity contribution in [2.75, 3.05) is 5.75 Å². The second kappa shape index (κ2) is 7.24. The van der Waals surface area contributed by atoms with Crippen LogP contribution in [0.1, 0.15) is 26.5 Å². The van der Waals surface area contributed by atoms with Gasteiger partial charge in [-0.3, -0.25) is 4.98 Å². The van der Waals surface area contributed by atoms with Crippen LogP contribution < -0.4 is 4.74 Å². The number of ether oxygens (including phenoxy) is 1. The molecule has 3 aromatic heterocycles. The van der Waals surface area contributed by atoms with Gasteiger partial charge < -0.3 is 4.74 Å². The molecule has 0 saturated heterocycles. The number of alkyl halides is 3. The minimum absolute atomic E-state index is 0.0232. The molecule has 8 nitrogen and oxygen atoms in total. The Morgan fingerprint density at radius 3 is 2.50 bits per heavy atom. The number of sulfone groups is 1. The van der Waals surface area contributed by atoms with Gasteiger partial charge in [-0.25, -0.2) is 18.1 Å². The summed E-state index contributed by atoms with van der Waals surface area (Å²) in [4.78, 5) is 7.23. The summed E-state index contributed by atoms with van der Waals surface area (Å²) >= 11 is 0. The predicted molar refractivity (Wildman–Crippen MR) is 99.7 cm³/mol. The van der Waals surface area contributed by atoms with Crippen LogP contribution in [-0.2, 0) is 16.0 Å². The van der Waals surface area contributed by atoms with Crippen molar-refractivity contribution < 1.29 is 26.3 Å². The summed E-state index contributed by atoms with van der Waals surface area (Å²) in [6.45, 7) is 4.44. The SMILES string of the molecule is CCS(=O)(=O)c1cc(OC(C)(C)C#N)cnc1-n1cc2cnc(C(F)(F)F)cc2n1. The Kier molecular flexibility index (Phi) is 5.19. The summed E-state index contributed by atoms with van der Waals surface area (Å²) in [5.74, 6) is -0.313. The Labute approximate surface area is 169 Å². The van der Waals surface area contributed by atoms with Crippen molar-refractivity contribution in [3.05, 3.63) is 36.4 Å². The van der Waals surface area contributed by atoms with Crippen LogP contribution in [0.2, 0.25) is 0 Å². The first-order valence-electron chi connectivity index (χ1n) is 8.62. The van der Waals surface area contributed by atoms with E-state index in [4.69, 9.17) is 10.00 Å². The molecule has 3 heterocycles. The van der Waals surface area contributed by atoms with Crippen LogP contribution in [-0.4, -0.2) is 39.5 Å². The lowest BCUT2D eigenvalue weighted by Gasteiger charge is -2.19. The van der Waals surface area contributed by atoms with E-state index in [1.54, 1.807) is 0 Å². The van der Waals surface area contributed by atoms with E-state index in [1.807, 2.05) is 6.07 Å². The molecule has 0 bridgehead atoms. The molecule has 0 aliphatic rings. The Morgan fingerprint density at radius 2 is 1.90 bits per heavy atom. The largest absolute Gasteiger partial charge is 0.471 e. The van der Waals surface area contributed by atoms with Crippen molar-refractivity contribution in [1.29, 1.82) is 5.26 Å². The van der Waals surface area contributed by atoms with Crippen LogP contribution in [0.5, 0.6) is 5.75 Å². The number of pyridine rings is 2. The molecule has 0 aromatic carbocycles. The highest BCUT2D eigenvalue weighted by Gasteiger charge is 2.33. The van der Waals surface area contributed by atoms with E-state index in [9.17, 15) is 21.6 Å². The first-order valence-corrected chi connectivity index (χ1v) is 10.3. The molecular weight excluding hydrogens is 423 g/mol. The molecule has 0 fully saturated rings. The molecule has 3 aromatic rings. The van der Waals surface area contributed by atoms with Gasteiger partial charge in [0.15, 0.2) is 21.3 Å². The Morgan fingerprint density at radius 1 is 1.20 bits per heavy atom. The summed E-state index contributed by atoms with van der Waals surface area (Å²) in [5.41, 5.74) is -2.36. The fourth-order valence-corrected chi connectivity index (χ4v) is 3.56. The number of rotatable bonds is 5. The van der Waals surface area contributed by atoms with Crippen LogP contribution in [0.3, 0.4) is 0 Å². The van der Waals surface area contributed by atoms with Crippen LogP contribution in [0.4, 0.5) is 13.2 Å². The van der Waals surface area contributed by atoms with Gasteiger partial charge in [0.1, 0.15) is 22.4 Å². The molecule has 0 radical (unpaired) electrons. The average Bonchev–Trinajstić information content (AvgIpc) is 3.10. The zero-order valence-electron chi connectivity index (χ0n) is 16.1. The second-order valence-electron chi connectivity index (χ2n) is 6.82. The van der Waals surface area contributed by atoms with E-state index >= 15 is 0 Å². The number of halogens is 3. The van der Waals surface area contributed by atoms with E-state index in [-0.39, 0.29) is 33.1 Å². The highest BCUT2D eigenvalue weighted by Crippen LogP contribution is 2.30. The van der Waals surface area contributed by atoms with E-state index in [2.05, 4.69) is 15.1 Å². The standard InChI is InChI=1S/C18H16F3N5O3S/c1-4-30(27,28)14-5-12(29-17(2,3)10-22)8-24-16(14)26-9-11-7-23-15(18(19,20)21)6-13(11)25-26/h5-9H,4H2,1-3H3. The van der Waals surface area contributed by atoms with Crippen LogP contribution in [0, 0.1) is 11.3 Å². The van der Waals surface area contributed by atoms with E-state index < -0.39 is 27.3 Å². The minimum Gasteiger partial charge on any atom is -0.471 e. The topological polar surface area (TPSA) is 111 Å². The molecule has 0 aliphatic carbocycles. The van der Waals surface area contributed by atoms with Gasteiger partial charge in [0.2, 0.25) is 0 Å². The lowest BCUT2D eigenvalue weighted by molar-refractivity contribution is -0.141. The molecule has 30 heavy (non-hydrogen) atoms. The lowest BCUT2D eigenvalue weighted by atomic mass is 10.2. The lowest BCUT2D eigenvalue weighted by Crippen LogP contribution is -2.26. The van der Waals surface area contributed by atoms with Gasteiger partial charge in [0.25, 0.3) is 0 Å². The van der Waals surface area contributed by atoms with Crippen molar-refractivity contribution >= 4 is 20.7 Å². The van der Waals surface area contributed by atoms with Crippen molar-refractivity contribution in [3.8, 4) is 17.6 Å². The number of hydrogen-bond donors (Lipinski definition) is 0. The van der Waals surface area contributed by atoms with E-state index in [0.717, 1.165) is 16.9 Å². The zero-order valence-corrected chi connectivity index (χ0v) is 16.9. The Hall–Kier alpha value is -3.20. The summed E-state index contributed by atoms with van der Waals surface area (Å²) < 4.78 is 70.5. The third kappa shape index (κ3) is 4.20. The fraction of sp³-hybridized carbons (Fsp3) is 0.333. The maximum absolute atomic E-state index is 12.9. The molecule has 0 spiro atoms.